The third-order valence-corrected chi connectivity index (χ3v) is 3.07. The summed E-state index contributed by atoms with van der Waals surface area (Å²) in [5, 5.41) is 20.7. The van der Waals surface area contributed by atoms with Crippen LogP contribution in [-0.2, 0) is 12.1 Å². The number of aliphatic hydroxyl groups is 1. The minimum absolute atomic E-state index is 0.133. The molecule has 0 aliphatic carbocycles. The molecule has 0 bridgehead atoms. The lowest BCUT2D eigenvalue weighted by molar-refractivity contribution is 0.00685. The van der Waals surface area contributed by atoms with E-state index in [2.05, 4.69) is 4.98 Å². The van der Waals surface area contributed by atoms with Crippen LogP contribution in [0.3, 0.4) is 0 Å². The molecule has 2 N–H and O–H groups in total. The highest BCUT2D eigenvalue weighted by Gasteiger charge is 2.31. The summed E-state index contributed by atoms with van der Waals surface area (Å²) in [5.74, 6) is 0.133. The van der Waals surface area contributed by atoms with Gasteiger partial charge in [0.05, 0.1) is 12.9 Å². The van der Waals surface area contributed by atoms with Crippen LogP contribution in [0.2, 0.25) is 0 Å². The average molecular weight is 246 g/mol. The fraction of sp³-hybridized carbons (Fsp3) is 0.357. The number of phenols is 1. The number of aromatic hydroxyl groups is 1. The topological polar surface area (TPSA) is 58.3 Å². The highest BCUT2D eigenvalue weighted by Crippen LogP contribution is 2.34. The molecule has 4 heteroatoms. The number of nitrogens with zero attached hydrogens (tertiary/aromatic N) is 2. The Hall–Kier alpha value is -1.81. The van der Waals surface area contributed by atoms with E-state index in [-0.39, 0.29) is 5.75 Å². The zero-order valence-electron chi connectivity index (χ0n) is 10.5. The average Bonchev–Trinajstić information content (AvgIpc) is 2.82. The first-order valence-electron chi connectivity index (χ1n) is 6.12. The summed E-state index contributed by atoms with van der Waals surface area (Å²) in [5.41, 5.74) is -0.499. The highest BCUT2D eigenvalue weighted by atomic mass is 16.3. The summed E-state index contributed by atoms with van der Waals surface area (Å²) < 4.78 is 1.82. The largest absolute Gasteiger partial charge is 0.508 e. The molecule has 0 aliphatic heterocycles. The quantitative estimate of drug-likeness (QED) is 0.851. The molecule has 18 heavy (non-hydrogen) atoms. The number of hydrogen-bond acceptors (Lipinski definition) is 3. The third kappa shape index (κ3) is 2.54. The van der Waals surface area contributed by atoms with Gasteiger partial charge in [0.1, 0.15) is 11.4 Å². The van der Waals surface area contributed by atoms with Crippen molar-refractivity contribution in [1.29, 1.82) is 0 Å². The molecular weight excluding hydrogens is 228 g/mol. The van der Waals surface area contributed by atoms with Crippen molar-refractivity contribution in [3.63, 3.8) is 0 Å². The SMILES string of the molecule is CCCC(O)(Cn1ccnc1)c1ccccc1O. The summed E-state index contributed by atoms with van der Waals surface area (Å²) in [7, 11) is 0. The molecule has 0 fully saturated rings. The maximum Gasteiger partial charge on any atom is 0.121 e. The molecule has 4 nitrogen and oxygen atoms in total. The summed E-state index contributed by atoms with van der Waals surface area (Å²) in [6.45, 7) is 2.40. The van der Waals surface area contributed by atoms with E-state index in [0.717, 1.165) is 6.42 Å². The summed E-state index contributed by atoms with van der Waals surface area (Å²) in [6.07, 6.45) is 6.57. The number of para-hydroxylation sites is 1. The van der Waals surface area contributed by atoms with Gasteiger partial charge in [-0.1, -0.05) is 31.5 Å². The van der Waals surface area contributed by atoms with Gasteiger partial charge >= 0.3 is 0 Å². The minimum atomic E-state index is -1.07. The Morgan fingerprint density at radius 1 is 1.33 bits per heavy atom. The van der Waals surface area contributed by atoms with Crippen molar-refractivity contribution in [3.8, 4) is 5.75 Å². The Morgan fingerprint density at radius 2 is 2.11 bits per heavy atom. The third-order valence-electron chi connectivity index (χ3n) is 3.07. The van der Waals surface area contributed by atoms with Gasteiger partial charge < -0.3 is 14.8 Å². The molecule has 96 valence electrons. The monoisotopic (exact) mass is 246 g/mol. The van der Waals surface area contributed by atoms with Crippen LogP contribution >= 0.6 is 0 Å². The molecule has 0 aliphatic rings. The van der Waals surface area contributed by atoms with Crippen LogP contribution in [0.1, 0.15) is 25.3 Å². The maximum absolute atomic E-state index is 10.8. The Kier molecular flexibility index (Phi) is 3.67. The number of aromatic nitrogens is 2. The first-order valence-corrected chi connectivity index (χ1v) is 6.12. The van der Waals surface area contributed by atoms with Crippen LogP contribution in [0.4, 0.5) is 0 Å². The molecule has 1 atom stereocenters. The predicted octanol–water partition coefficient (Wildman–Crippen LogP) is 2.28. The van der Waals surface area contributed by atoms with Gasteiger partial charge in [0.2, 0.25) is 0 Å². The van der Waals surface area contributed by atoms with E-state index in [4.69, 9.17) is 0 Å². The van der Waals surface area contributed by atoms with Gasteiger partial charge in [0, 0.05) is 18.0 Å². The van der Waals surface area contributed by atoms with Crippen molar-refractivity contribution < 1.29 is 10.2 Å². The number of phenolic OH excluding ortho intramolecular Hbond substituents is 1. The van der Waals surface area contributed by atoms with Gasteiger partial charge in [-0.05, 0) is 12.5 Å². The zero-order chi connectivity index (χ0) is 13.0. The molecule has 0 amide bonds. The number of benzene rings is 1. The van der Waals surface area contributed by atoms with E-state index in [0.29, 0.717) is 18.5 Å². The Balaban J connectivity index is 2.34. The van der Waals surface area contributed by atoms with E-state index in [9.17, 15) is 10.2 Å². The Bertz CT molecular complexity index is 496. The fourth-order valence-electron chi connectivity index (χ4n) is 2.26. The molecule has 1 aromatic heterocycles. The van der Waals surface area contributed by atoms with Gasteiger partial charge in [0.25, 0.3) is 0 Å². The molecule has 0 spiro atoms. The summed E-state index contributed by atoms with van der Waals surface area (Å²) in [6, 6.07) is 6.94. The highest BCUT2D eigenvalue weighted by molar-refractivity contribution is 5.36. The van der Waals surface area contributed by atoms with Gasteiger partial charge in [-0.15, -0.1) is 0 Å². The van der Waals surface area contributed by atoms with Crippen molar-refractivity contribution in [2.75, 3.05) is 0 Å². The molecule has 0 saturated carbocycles. The van der Waals surface area contributed by atoms with E-state index in [1.807, 2.05) is 17.6 Å². The number of rotatable bonds is 5. The summed E-state index contributed by atoms with van der Waals surface area (Å²) in [4.78, 5) is 3.97. The lowest BCUT2D eigenvalue weighted by Crippen LogP contribution is -2.31. The van der Waals surface area contributed by atoms with Crippen LogP contribution in [0.25, 0.3) is 0 Å². The van der Waals surface area contributed by atoms with Crippen LogP contribution < -0.4 is 0 Å². The first kappa shape index (κ1) is 12.6. The Morgan fingerprint density at radius 3 is 2.72 bits per heavy atom. The molecule has 1 heterocycles. The number of hydrogen-bond donors (Lipinski definition) is 2. The van der Waals surface area contributed by atoms with Crippen LogP contribution in [0, 0.1) is 0 Å². The number of imidazole rings is 1. The lowest BCUT2D eigenvalue weighted by atomic mass is 9.88. The van der Waals surface area contributed by atoms with E-state index in [1.54, 1.807) is 36.9 Å². The van der Waals surface area contributed by atoms with Crippen molar-refractivity contribution in [3.05, 3.63) is 48.5 Å². The smallest absolute Gasteiger partial charge is 0.121 e. The summed E-state index contributed by atoms with van der Waals surface area (Å²) >= 11 is 0. The van der Waals surface area contributed by atoms with Crippen molar-refractivity contribution in [2.45, 2.75) is 31.9 Å². The normalized spacial score (nSPS) is 14.3. The Labute approximate surface area is 107 Å². The molecule has 1 unspecified atom stereocenters. The fourth-order valence-corrected chi connectivity index (χ4v) is 2.26. The molecule has 2 rings (SSSR count). The van der Waals surface area contributed by atoms with Gasteiger partial charge in [0.15, 0.2) is 0 Å². The van der Waals surface area contributed by atoms with Crippen LogP contribution in [0.5, 0.6) is 5.75 Å². The zero-order valence-corrected chi connectivity index (χ0v) is 10.5. The second-order valence-corrected chi connectivity index (χ2v) is 4.53. The van der Waals surface area contributed by atoms with E-state index < -0.39 is 5.60 Å². The first-order chi connectivity index (χ1) is 8.65. The van der Waals surface area contributed by atoms with Crippen LogP contribution in [0.15, 0.2) is 43.0 Å². The second kappa shape index (κ2) is 5.23. The minimum Gasteiger partial charge on any atom is -0.508 e. The van der Waals surface area contributed by atoms with Crippen LogP contribution in [-0.4, -0.2) is 19.8 Å². The van der Waals surface area contributed by atoms with Gasteiger partial charge in [-0.25, -0.2) is 4.98 Å². The lowest BCUT2D eigenvalue weighted by Gasteiger charge is -2.29. The standard InChI is InChI=1S/C14H18N2O2/c1-2-7-14(18,10-16-9-8-15-11-16)12-5-3-4-6-13(12)17/h3-6,8-9,11,17-18H,2,7,10H2,1H3. The van der Waals surface area contributed by atoms with E-state index in [1.165, 1.54) is 0 Å². The van der Waals surface area contributed by atoms with E-state index >= 15 is 0 Å². The molecule has 0 radical (unpaired) electrons. The maximum atomic E-state index is 10.8. The molecule has 0 saturated heterocycles. The predicted molar refractivity (Wildman–Crippen MR) is 69.1 cm³/mol. The van der Waals surface area contributed by atoms with Gasteiger partial charge in [-0.3, -0.25) is 0 Å². The van der Waals surface area contributed by atoms with Crippen molar-refractivity contribution >= 4 is 0 Å². The molecular formula is C14H18N2O2. The van der Waals surface area contributed by atoms with Crippen molar-refractivity contribution in [2.24, 2.45) is 0 Å². The van der Waals surface area contributed by atoms with Gasteiger partial charge in [-0.2, -0.15) is 0 Å². The van der Waals surface area contributed by atoms with Crippen molar-refractivity contribution in [1.82, 2.24) is 9.55 Å². The second-order valence-electron chi connectivity index (χ2n) is 4.53. The molecule has 1 aromatic carbocycles. The molecule has 2 aromatic rings.